The molecule has 1 nitrogen and oxygen atoms in total. The molecule has 14 heavy (non-hydrogen) atoms. The molecule has 1 heterocycles. The summed E-state index contributed by atoms with van der Waals surface area (Å²) in [6, 6.07) is 6.84. The Morgan fingerprint density at radius 1 is 1.36 bits per heavy atom. The first-order chi connectivity index (χ1) is 6.81. The van der Waals surface area contributed by atoms with Gasteiger partial charge in [0.05, 0.1) is 12.2 Å². The molecule has 0 radical (unpaired) electrons. The summed E-state index contributed by atoms with van der Waals surface area (Å²) in [6.07, 6.45) is 2.10. The average molecular weight is 259 g/mol. The molecule has 1 fully saturated rings. The second-order valence-corrected chi connectivity index (χ2v) is 4.15. The Morgan fingerprint density at radius 3 is 2.79 bits per heavy atom. The van der Waals surface area contributed by atoms with Crippen LogP contribution in [-0.4, -0.2) is 11.4 Å². The standard InChI is InChI=1S/C11H12BrFO/c12-7-8-5-6-11(14-8)9-3-1-2-4-10(9)13/h1-4,8,11H,5-7H2. The van der Waals surface area contributed by atoms with Crippen LogP contribution in [0.15, 0.2) is 24.3 Å². The van der Waals surface area contributed by atoms with Gasteiger partial charge in [-0.05, 0) is 18.9 Å². The molecule has 2 rings (SSSR count). The molecular weight excluding hydrogens is 247 g/mol. The second kappa shape index (κ2) is 4.41. The predicted octanol–water partition coefficient (Wildman–Crippen LogP) is 3.44. The predicted molar refractivity (Wildman–Crippen MR) is 57.0 cm³/mol. The quantitative estimate of drug-likeness (QED) is 0.739. The van der Waals surface area contributed by atoms with E-state index in [4.69, 9.17) is 4.74 Å². The van der Waals surface area contributed by atoms with Crippen molar-refractivity contribution in [2.24, 2.45) is 0 Å². The van der Waals surface area contributed by atoms with Crippen molar-refractivity contribution >= 4 is 15.9 Å². The lowest BCUT2D eigenvalue weighted by molar-refractivity contribution is 0.0567. The first kappa shape index (κ1) is 10.1. The summed E-state index contributed by atoms with van der Waals surface area (Å²) in [4.78, 5) is 0. The number of rotatable bonds is 2. The minimum absolute atomic E-state index is 0.0567. The molecule has 1 aromatic rings. The first-order valence-corrected chi connectivity index (χ1v) is 5.89. The second-order valence-electron chi connectivity index (χ2n) is 3.50. The Bertz CT molecular complexity index is 316. The molecule has 0 saturated carbocycles. The lowest BCUT2D eigenvalue weighted by Gasteiger charge is -2.12. The zero-order chi connectivity index (χ0) is 9.97. The van der Waals surface area contributed by atoms with E-state index in [1.807, 2.05) is 6.07 Å². The summed E-state index contributed by atoms with van der Waals surface area (Å²) in [5.41, 5.74) is 0.691. The van der Waals surface area contributed by atoms with Crippen molar-refractivity contribution in [2.75, 3.05) is 5.33 Å². The van der Waals surface area contributed by atoms with Crippen LogP contribution < -0.4 is 0 Å². The lowest BCUT2D eigenvalue weighted by atomic mass is 10.1. The Hall–Kier alpha value is -0.410. The van der Waals surface area contributed by atoms with Crippen molar-refractivity contribution in [1.82, 2.24) is 0 Å². The number of hydrogen-bond donors (Lipinski definition) is 0. The molecule has 1 aliphatic heterocycles. The largest absolute Gasteiger partial charge is 0.369 e. The topological polar surface area (TPSA) is 9.23 Å². The summed E-state index contributed by atoms with van der Waals surface area (Å²) in [5, 5.41) is 0.831. The molecule has 3 heteroatoms. The van der Waals surface area contributed by atoms with E-state index < -0.39 is 0 Å². The molecule has 0 amide bonds. The van der Waals surface area contributed by atoms with Gasteiger partial charge in [0.25, 0.3) is 0 Å². The maximum absolute atomic E-state index is 13.4. The van der Waals surface area contributed by atoms with E-state index in [1.54, 1.807) is 12.1 Å². The molecular formula is C11H12BrFO. The molecule has 76 valence electrons. The maximum Gasteiger partial charge on any atom is 0.129 e. The van der Waals surface area contributed by atoms with Crippen molar-refractivity contribution in [3.05, 3.63) is 35.6 Å². The van der Waals surface area contributed by atoms with Gasteiger partial charge in [0, 0.05) is 10.9 Å². The van der Waals surface area contributed by atoms with Crippen LogP contribution in [0.25, 0.3) is 0 Å². The minimum atomic E-state index is -0.160. The van der Waals surface area contributed by atoms with Crippen molar-refractivity contribution in [3.63, 3.8) is 0 Å². The summed E-state index contributed by atoms with van der Waals surface area (Å²) < 4.78 is 19.1. The molecule has 0 spiro atoms. The highest BCUT2D eigenvalue weighted by Gasteiger charge is 2.27. The fourth-order valence-corrected chi connectivity index (χ4v) is 2.26. The summed E-state index contributed by atoms with van der Waals surface area (Å²) in [6.45, 7) is 0. The van der Waals surface area contributed by atoms with Crippen LogP contribution >= 0.6 is 15.9 Å². The summed E-state index contributed by atoms with van der Waals surface area (Å²) in [5.74, 6) is -0.160. The monoisotopic (exact) mass is 258 g/mol. The van der Waals surface area contributed by atoms with Gasteiger partial charge in [-0.25, -0.2) is 4.39 Å². The number of ether oxygens (including phenoxy) is 1. The normalized spacial score (nSPS) is 26.7. The average Bonchev–Trinajstić information content (AvgIpc) is 2.67. The van der Waals surface area contributed by atoms with Crippen LogP contribution in [0.2, 0.25) is 0 Å². The van der Waals surface area contributed by atoms with E-state index in [2.05, 4.69) is 15.9 Å². The van der Waals surface area contributed by atoms with Crippen LogP contribution in [0.1, 0.15) is 24.5 Å². The smallest absolute Gasteiger partial charge is 0.129 e. The van der Waals surface area contributed by atoms with Crippen molar-refractivity contribution < 1.29 is 9.13 Å². The number of hydrogen-bond acceptors (Lipinski definition) is 1. The highest BCUT2D eigenvalue weighted by molar-refractivity contribution is 9.09. The fraction of sp³-hybridized carbons (Fsp3) is 0.455. The van der Waals surface area contributed by atoms with Gasteiger partial charge in [-0.2, -0.15) is 0 Å². The number of alkyl halides is 1. The first-order valence-electron chi connectivity index (χ1n) is 4.77. The molecule has 0 aliphatic carbocycles. The molecule has 1 aromatic carbocycles. The highest BCUT2D eigenvalue weighted by Crippen LogP contribution is 2.34. The summed E-state index contributed by atoms with van der Waals surface area (Å²) in [7, 11) is 0. The molecule has 1 saturated heterocycles. The van der Waals surface area contributed by atoms with Crippen LogP contribution in [0, 0.1) is 5.82 Å². The lowest BCUT2D eigenvalue weighted by Crippen LogP contribution is -2.08. The van der Waals surface area contributed by atoms with E-state index in [9.17, 15) is 4.39 Å². The van der Waals surface area contributed by atoms with Gasteiger partial charge < -0.3 is 4.74 Å². The molecule has 0 N–H and O–H groups in total. The molecule has 0 aromatic heterocycles. The van der Waals surface area contributed by atoms with Crippen LogP contribution in [0.3, 0.4) is 0 Å². The summed E-state index contributed by atoms with van der Waals surface area (Å²) >= 11 is 3.38. The molecule has 1 aliphatic rings. The minimum Gasteiger partial charge on any atom is -0.369 e. The molecule has 2 unspecified atom stereocenters. The Balaban J connectivity index is 2.13. The van der Waals surface area contributed by atoms with Gasteiger partial charge >= 0.3 is 0 Å². The highest BCUT2D eigenvalue weighted by atomic mass is 79.9. The number of halogens is 2. The van der Waals surface area contributed by atoms with Gasteiger partial charge in [-0.1, -0.05) is 34.1 Å². The van der Waals surface area contributed by atoms with Gasteiger partial charge in [0.1, 0.15) is 5.82 Å². The Kier molecular flexibility index (Phi) is 3.19. The van der Waals surface area contributed by atoms with E-state index in [1.165, 1.54) is 6.07 Å². The van der Waals surface area contributed by atoms with Crippen LogP contribution in [0.4, 0.5) is 4.39 Å². The third kappa shape index (κ3) is 1.98. The van der Waals surface area contributed by atoms with Gasteiger partial charge in [-0.15, -0.1) is 0 Å². The molecule has 2 atom stereocenters. The van der Waals surface area contributed by atoms with Gasteiger partial charge in [0.2, 0.25) is 0 Å². The van der Waals surface area contributed by atoms with Gasteiger partial charge in [0.15, 0.2) is 0 Å². The maximum atomic E-state index is 13.4. The van der Waals surface area contributed by atoms with Crippen molar-refractivity contribution in [3.8, 4) is 0 Å². The van der Waals surface area contributed by atoms with Gasteiger partial charge in [-0.3, -0.25) is 0 Å². The number of benzene rings is 1. The van der Waals surface area contributed by atoms with E-state index in [0.717, 1.165) is 18.2 Å². The third-order valence-corrected chi connectivity index (χ3v) is 3.25. The SMILES string of the molecule is Fc1ccccc1C1CCC(CBr)O1. The molecule has 0 bridgehead atoms. The van der Waals surface area contributed by atoms with E-state index in [-0.39, 0.29) is 18.0 Å². The Labute approximate surface area is 91.4 Å². The van der Waals surface area contributed by atoms with Crippen molar-refractivity contribution in [1.29, 1.82) is 0 Å². The fourth-order valence-electron chi connectivity index (χ4n) is 1.78. The van der Waals surface area contributed by atoms with E-state index in [0.29, 0.717) is 5.56 Å². The van der Waals surface area contributed by atoms with E-state index >= 15 is 0 Å². The third-order valence-electron chi connectivity index (χ3n) is 2.53. The zero-order valence-corrected chi connectivity index (χ0v) is 9.34. The van der Waals surface area contributed by atoms with Crippen molar-refractivity contribution in [2.45, 2.75) is 25.0 Å². The van der Waals surface area contributed by atoms with Crippen LogP contribution in [-0.2, 0) is 4.74 Å². The zero-order valence-electron chi connectivity index (χ0n) is 7.75. The van der Waals surface area contributed by atoms with Crippen LogP contribution in [0.5, 0.6) is 0 Å². The Morgan fingerprint density at radius 2 is 2.14 bits per heavy atom.